The van der Waals surface area contributed by atoms with Crippen LogP contribution in [-0.4, -0.2) is 63.1 Å². The van der Waals surface area contributed by atoms with Gasteiger partial charge in [0.25, 0.3) is 5.91 Å². The van der Waals surface area contributed by atoms with Crippen molar-refractivity contribution in [2.24, 2.45) is 10.9 Å². The van der Waals surface area contributed by atoms with Crippen molar-refractivity contribution in [2.75, 3.05) is 31.2 Å². The number of nitrogens with one attached hydrogen (secondary N) is 1. The Hall–Kier alpha value is -1.97. The second-order valence-corrected chi connectivity index (χ2v) is 10.2. The van der Waals surface area contributed by atoms with Crippen LogP contribution >= 0.6 is 0 Å². The number of hydrogen-bond donors (Lipinski definition) is 1. The van der Waals surface area contributed by atoms with Gasteiger partial charge in [0, 0.05) is 18.0 Å². The highest BCUT2D eigenvalue weighted by molar-refractivity contribution is 7.89. The summed E-state index contributed by atoms with van der Waals surface area (Å²) in [5.41, 5.74) is 0.779. The fraction of sp³-hybridized carbons (Fsp3) is 0.579. The molecule has 28 heavy (non-hydrogen) atoms. The molecule has 4 aliphatic rings. The fourth-order valence-corrected chi connectivity index (χ4v) is 5.41. The van der Waals surface area contributed by atoms with E-state index in [1.165, 1.54) is 6.07 Å². The van der Waals surface area contributed by atoms with Gasteiger partial charge in [0.15, 0.2) is 0 Å². The van der Waals surface area contributed by atoms with Crippen LogP contribution in [0.4, 0.5) is 5.69 Å². The van der Waals surface area contributed by atoms with E-state index >= 15 is 0 Å². The van der Waals surface area contributed by atoms with Crippen molar-refractivity contribution >= 4 is 27.6 Å². The molecule has 0 spiro atoms. The molecular weight excluding hydrogens is 380 g/mol. The Morgan fingerprint density at radius 3 is 2.71 bits per heavy atom. The first kappa shape index (κ1) is 18.1. The molecular formula is C19H24N4O4S. The number of amides is 1. The van der Waals surface area contributed by atoms with Gasteiger partial charge in [-0.05, 0) is 44.9 Å². The molecule has 1 amide bonds. The summed E-state index contributed by atoms with van der Waals surface area (Å²) < 4.78 is 33.6. The topological polar surface area (TPSA) is 91.3 Å². The monoisotopic (exact) mass is 404 g/mol. The van der Waals surface area contributed by atoms with Crippen LogP contribution in [0.3, 0.4) is 0 Å². The van der Waals surface area contributed by atoms with Crippen molar-refractivity contribution in [3.63, 3.8) is 0 Å². The lowest BCUT2D eigenvalue weighted by molar-refractivity contribution is -0.0378. The van der Waals surface area contributed by atoms with E-state index in [0.717, 1.165) is 18.5 Å². The molecule has 1 atom stereocenters. The van der Waals surface area contributed by atoms with Crippen LogP contribution in [0, 0.1) is 5.92 Å². The first-order valence-corrected chi connectivity index (χ1v) is 11.2. The Labute approximate surface area is 164 Å². The summed E-state index contributed by atoms with van der Waals surface area (Å²) in [7, 11) is -3.67. The van der Waals surface area contributed by atoms with Gasteiger partial charge in [-0.3, -0.25) is 14.7 Å². The molecule has 1 aromatic carbocycles. The molecule has 1 saturated heterocycles. The normalized spacial score (nSPS) is 25.9. The zero-order valence-electron chi connectivity index (χ0n) is 16.0. The highest BCUT2D eigenvalue weighted by Gasteiger charge is 2.44. The van der Waals surface area contributed by atoms with Crippen LogP contribution in [-0.2, 0) is 14.8 Å². The molecule has 8 nitrogen and oxygen atoms in total. The van der Waals surface area contributed by atoms with E-state index < -0.39 is 10.0 Å². The minimum absolute atomic E-state index is 0.118. The largest absolute Gasteiger partial charge is 0.381 e. The smallest absolute Gasteiger partial charge is 0.262 e. The van der Waals surface area contributed by atoms with Crippen LogP contribution in [0.25, 0.3) is 0 Å². The van der Waals surface area contributed by atoms with Gasteiger partial charge in [-0.15, -0.1) is 0 Å². The number of aliphatic imine (C=N–C) groups is 1. The molecule has 1 saturated carbocycles. The molecule has 5 rings (SSSR count). The minimum Gasteiger partial charge on any atom is -0.381 e. The van der Waals surface area contributed by atoms with Gasteiger partial charge >= 0.3 is 0 Å². The lowest BCUT2D eigenvalue weighted by atomic mass is 10.0. The Morgan fingerprint density at radius 1 is 1.32 bits per heavy atom. The van der Waals surface area contributed by atoms with Gasteiger partial charge < -0.3 is 9.64 Å². The summed E-state index contributed by atoms with van der Waals surface area (Å²) in [4.78, 5) is 21.7. The number of carbonyl (C=O) groups is 1. The average Bonchev–Trinajstić information content (AvgIpc) is 3.19. The highest BCUT2D eigenvalue weighted by atomic mass is 32.2. The summed E-state index contributed by atoms with van der Waals surface area (Å²) in [6, 6.07) is 4.95. The molecule has 9 heteroatoms. The van der Waals surface area contributed by atoms with Gasteiger partial charge in [-0.25, -0.2) is 13.1 Å². The van der Waals surface area contributed by atoms with Crippen LogP contribution < -0.4 is 9.62 Å². The van der Waals surface area contributed by atoms with Crippen LogP contribution in [0.1, 0.15) is 37.0 Å². The summed E-state index contributed by atoms with van der Waals surface area (Å²) >= 11 is 0. The molecule has 2 fully saturated rings. The number of carbonyl (C=O) groups excluding carboxylic acids is 1. The van der Waals surface area contributed by atoms with Gasteiger partial charge in [-0.2, -0.15) is 0 Å². The first-order valence-electron chi connectivity index (χ1n) is 9.69. The van der Waals surface area contributed by atoms with Crippen LogP contribution in [0.5, 0.6) is 0 Å². The van der Waals surface area contributed by atoms with E-state index in [1.807, 2.05) is 11.8 Å². The molecule has 3 aliphatic heterocycles. The number of nitrogens with zero attached hydrogens (tertiary/aromatic N) is 3. The minimum atomic E-state index is -3.67. The predicted molar refractivity (Wildman–Crippen MR) is 104 cm³/mol. The van der Waals surface area contributed by atoms with Crippen molar-refractivity contribution in [1.82, 2.24) is 9.62 Å². The number of fused-ring (bicyclic) bond motifs is 3. The maximum absolute atomic E-state index is 13.3. The zero-order valence-corrected chi connectivity index (χ0v) is 16.8. The molecule has 0 radical (unpaired) electrons. The Balaban J connectivity index is 1.54. The van der Waals surface area contributed by atoms with Crippen molar-refractivity contribution in [1.29, 1.82) is 0 Å². The molecule has 0 bridgehead atoms. The average molecular weight is 404 g/mol. The lowest BCUT2D eigenvalue weighted by Crippen LogP contribution is -2.55. The van der Waals surface area contributed by atoms with Crippen molar-refractivity contribution < 1.29 is 17.9 Å². The first-order chi connectivity index (χ1) is 13.3. The summed E-state index contributed by atoms with van der Waals surface area (Å²) in [6.45, 7) is 6.37. The number of ether oxygens (including phenoxy) is 1. The molecule has 150 valence electrons. The predicted octanol–water partition coefficient (Wildman–Crippen LogP) is 1.18. The van der Waals surface area contributed by atoms with Crippen LogP contribution in [0.15, 0.2) is 28.1 Å². The number of anilines is 1. The van der Waals surface area contributed by atoms with Crippen LogP contribution in [0.2, 0.25) is 0 Å². The second kappa shape index (κ2) is 6.01. The van der Waals surface area contributed by atoms with Gasteiger partial charge in [0.2, 0.25) is 16.0 Å². The SMILES string of the molecule is C[C@@H]1CN=C2N(CC3COC3)C(=O)c3cc(S(=O)(=O)NC4(C)CC4)ccc3N21. The van der Waals surface area contributed by atoms with E-state index in [4.69, 9.17) is 4.74 Å². The third kappa shape index (κ3) is 2.84. The molecule has 0 aromatic heterocycles. The van der Waals surface area contributed by atoms with Gasteiger partial charge in [0.05, 0.1) is 41.9 Å². The molecule has 3 heterocycles. The summed E-state index contributed by atoms with van der Waals surface area (Å²) in [5, 5.41) is 0. The maximum atomic E-state index is 13.3. The quantitative estimate of drug-likeness (QED) is 0.796. The number of benzene rings is 1. The zero-order chi connectivity index (χ0) is 19.7. The number of sulfonamides is 1. The summed E-state index contributed by atoms with van der Waals surface area (Å²) in [6.07, 6.45) is 1.66. The van der Waals surface area contributed by atoms with Gasteiger partial charge in [0.1, 0.15) is 0 Å². The maximum Gasteiger partial charge on any atom is 0.262 e. The Morgan fingerprint density at radius 2 is 2.07 bits per heavy atom. The number of hydrogen-bond acceptors (Lipinski definition) is 6. The Bertz CT molecular complexity index is 982. The van der Waals surface area contributed by atoms with E-state index in [0.29, 0.717) is 37.8 Å². The van der Waals surface area contributed by atoms with Crippen molar-refractivity contribution in [3.8, 4) is 0 Å². The highest BCUT2D eigenvalue weighted by Crippen LogP contribution is 2.38. The summed E-state index contributed by atoms with van der Waals surface area (Å²) in [5.74, 6) is 0.756. The molecule has 0 unspecified atom stereocenters. The second-order valence-electron chi connectivity index (χ2n) is 8.52. The standard InChI is InChI=1S/C19H24N4O4S/c1-12-8-20-18-22(9-13-10-27-11-13)17(24)15-7-14(3-4-16(15)23(12)18)28(25,26)21-19(2)5-6-19/h3-4,7,12-13,21H,5-6,8-11H2,1-2H3/t12-/m1/s1. The van der Waals surface area contributed by atoms with E-state index in [9.17, 15) is 13.2 Å². The van der Waals surface area contributed by atoms with E-state index in [2.05, 4.69) is 16.6 Å². The lowest BCUT2D eigenvalue weighted by Gasteiger charge is -2.40. The third-order valence-electron chi connectivity index (χ3n) is 5.94. The molecule has 1 aliphatic carbocycles. The molecule has 1 aromatic rings. The third-order valence-corrected chi connectivity index (χ3v) is 7.57. The Kier molecular flexibility index (Phi) is 3.88. The number of rotatable bonds is 5. The fourth-order valence-electron chi connectivity index (χ4n) is 3.91. The number of guanidine groups is 1. The van der Waals surface area contributed by atoms with E-state index in [1.54, 1.807) is 17.0 Å². The van der Waals surface area contributed by atoms with Crippen molar-refractivity contribution in [3.05, 3.63) is 23.8 Å². The molecule has 1 N–H and O–H groups in total. The van der Waals surface area contributed by atoms with E-state index in [-0.39, 0.29) is 28.3 Å². The van der Waals surface area contributed by atoms with Crippen molar-refractivity contribution in [2.45, 2.75) is 43.2 Å². The van der Waals surface area contributed by atoms with Gasteiger partial charge in [-0.1, -0.05) is 0 Å².